The molecule has 0 atom stereocenters. The monoisotopic (exact) mass is 260 g/mol. The fraction of sp³-hybridized carbons (Fsp3) is 0.429. The van der Waals surface area contributed by atoms with Crippen LogP contribution >= 0.6 is 11.3 Å². The Balaban J connectivity index is 1.81. The molecule has 94 valence electrons. The highest BCUT2D eigenvalue weighted by Crippen LogP contribution is 2.30. The van der Waals surface area contributed by atoms with Crippen molar-refractivity contribution in [1.29, 1.82) is 0 Å². The molecular formula is C14H16N2OS. The second kappa shape index (κ2) is 4.69. The van der Waals surface area contributed by atoms with E-state index in [0.29, 0.717) is 0 Å². The Hall–Kier alpha value is -1.42. The van der Waals surface area contributed by atoms with Crippen LogP contribution in [0.15, 0.2) is 18.2 Å². The number of fused-ring (bicyclic) bond motifs is 1. The minimum Gasteiger partial charge on any atom is -0.302 e. The molecule has 1 saturated carbocycles. The number of nitrogens with one attached hydrogen (secondary N) is 1. The van der Waals surface area contributed by atoms with Gasteiger partial charge in [-0.05, 0) is 37.0 Å². The summed E-state index contributed by atoms with van der Waals surface area (Å²) in [6.45, 7) is 2.14. The molecule has 1 aromatic heterocycles. The van der Waals surface area contributed by atoms with Gasteiger partial charge < -0.3 is 5.32 Å². The Morgan fingerprint density at radius 3 is 3.00 bits per heavy atom. The van der Waals surface area contributed by atoms with Gasteiger partial charge in [0.2, 0.25) is 5.91 Å². The summed E-state index contributed by atoms with van der Waals surface area (Å²) in [5.74, 6) is 0.347. The van der Waals surface area contributed by atoms with E-state index in [1.54, 1.807) is 11.3 Å². The molecule has 1 N–H and O–H groups in total. The highest BCUT2D eigenvalue weighted by Gasteiger charge is 2.25. The molecule has 0 aliphatic heterocycles. The summed E-state index contributed by atoms with van der Waals surface area (Å²) < 4.78 is 1.15. The lowest BCUT2D eigenvalue weighted by Gasteiger charge is -2.23. The number of anilines is 1. The van der Waals surface area contributed by atoms with E-state index in [9.17, 15) is 4.79 Å². The molecule has 0 saturated heterocycles. The Bertz CT molecular complexity index is 586. The first-order valence-electron chi connectivity index (χ1n) is 6.46. The van der Waals surface area contributed by atoms with Gasteiger partial charge in [0.05, 0.1) is 10.2 Å². The van der Waals surface area contributed by atoms with Gasteiger partial charge in [0, 0.05) is 5.92 Å². The van der Waals surface area contributed by atoms with Crippen LogP contribution in [0.4, 0.5) is 5.13 Å². The largest absolute Gasteiger partial charge is 0.302 e. The van der Waals surface area contributed by atoms with Crippen molar-refractivity contribution >= 4 is 32.6 Å². The molecule has 0 radical (unpaired) electrons. The minimum absolute atomic E-state index is 0.135. The van der Waals surface area contributed by atoms with Gasteiger partial charge in [0.1, 0.15) is 0 Å². The van der Waals surface area contributed by atoms with E-state index in [2.05, 4.69) is 29.4 Å². The molecule has 1 aromatic carbocycles. The fourth-order valence-electron chi connectivity index (χ4n) is 2.12. The molecule has 1 amide bonds. The Kier molecular flexibility index (Phi) is 3.04. The Labute approximate surface area is 110 Å². The predicted molar refractivity (Wildman–Crippen MR) is 75.0 cm³/mol. The van der Waals surface area contributed by atoms with Gasteiger partial charge in [0.25, 0.3) is 0 Å². The lowest BCUT2D eigenvalue weighted by atomic mass is 9.85. The van der Waals surface area contributed by atoms with Crippen molar-refractivity contribution in [2.45, 2.75) is 32.6 Å². The van der Waals surface area contributed by atoms with Gasteiger partial charge in [-0.25, -0.2) is 4.98 Å². The van der Waals surface area contributed by atoms with Gasteiger partial charge in [-0.3, -0.25) is 4.79 Å². The average molecular weight is 260 g/mol. The highest BCUT2D eigenvalue weighted by atomic mass is 32.1. The van der Waals surface area contributed by atoms with Crippen LogP contribution < -0.4 is 5.32 Å². The molecule has 3 rings (SSSR count). The molecular weight excluding hydrogens is 244 g/mol. The molecule has 0 unspecified atom stereocenters. The standard InChI is InChI=1S/C14H16N2OS/c1-2-9-6-7-11-12(8-9)18-14(15-11)16-13(17)10-4-3-5-10/h6-8,10H,2-5H2,1H3,(H,15,16,17). The highest BCUT2D eigenvalue weighted by molar-refractivity contribution is 7.22. The van der Waals surface area contributed by atoms with Crippen molar-refractivity contribution in [3.63, 3.8) is 0 Å². The maximum Gasteiger partial charge on any atom is 0.229 e. The molecule has 2 aromatic rings. The van der Waals surface area contributed by atoms with Crippen LogP contribution in [-0.4, -0.2) is 10.9 Å². The first-order chi connectivity index (χ1) is 8.76. The van der Waals surface area contributed by atoms with Crippen LogP contribution in [0, 0.1) is 5.92 Å². The lowest BCUT2D eigenvalue weighted by Crippen LogP contribution is -2.27. The normalized spacial score (nSPS) is 15.6. The predicted octanol–water partition coefficient (Wildman–Crippen LogP) is 3.60. The number of carbonyl (C=O) groups is 1. The summed E-state index contributed by atoms with van der Waals surface area (Å²) in [5, 5.41) is 3.67. The molecule has 1 aliphatic rings. The third-order valence-electron chi connectivity index (χ3n) is 3.57. The zero-order chi connectivity index (χ0) is 12.5. The van der Waals surface area contributed by atoms with Gasteiger partial charge in [0.15, 0.2) is 5.13 Å². The molecule has 18 heavy (non-hydrogen) atoms. The number of nitrogens with zero attached hydrogens (tertiary/aromatic N) is 1. The number of aromatic nitrogens is 1. The van der Waals surface area contributed by atoms with Gasteiger partial charge in [-0.2, -0.15) is 0 Å². The summed E-state index contributed by atoms with van der Waals surface area (Å²) in [6, 6.07) is 6.29. The third-order valence-corrected chi connectivity index (χ3v) is 4.50. The first kappa shape index (κ1) is 11.7. The number of rotatable bonds is 3. The molecule has 0 spiro atoms. The van der Waals surface area contributed by atoms with E-state index in [4.69, 9.17) is 0 Å². The van der Waals surface area contributed by atoms with Crippen LogP contribution in [-0.2, 0) is 11.2 Å². The maximum absolute atomic E-state index is 11.9. The number of carbonyl (C=O) groups excluding carboxylic acids is 1. The SMILES string of the molecule is CCc1ccc2nc(NC(=O)C3CCC3)sc2c1. The van der Waals surface area contributed by atoms with Crippen LogP contribution in [0.5, 0.6) is 0 Å². The van der Waals surface area contributed by atoms with E-state index in [-0.39, 0.29) is 11.8 Å². The fourth-order valence-corrected chi connectivity index (χ4v) is 3.05. The number of benzene rings is 1. The van der Waals surface area contributed by atoms with Crippen LogP contribution in [0.1, 0.15) is 31.7 Å². The molecule has 1 heterocycles. The smallest absolute Gasteiger partial charge is 0.229 e. The topological polar surface area (TPSA) is 42.0 Å². The number of hydrogen-bond acceptors (Lipinski definition) is 3. The number of amides is 1. The van der Waals surface area contributed by atoms with Gasteiger partial charge in [-0.1, -0.05) is 30.7 Å². The van der Waals surface area contributed by atoms with Crippen molar-refractivity contribution < 1.29 is 4.79 Å². The van der Waals surface area contributed by atoms with E-state index < -0.39 is 0 Å². The van der Waals surface area contributed by atoms with Crippen LogP contribution in [0.2, 0.25) is 0 Å². The van der Waals surface area contributed by atoms with Crippen molar-refractivity contribution in [3.8, 4) is 0 Å². The minimum atomic E-state index is 0.135. The van der Waals surface area contributed by atoms with E-state index in [0.717, 1.165) is 34.6 Å². The molecule has 0 bridgehead atoms. The van der Waals surface area contributed by atoms with Gasteiger partial charge >= 0.3 is 0 Å². The van der Waals surface area contributed by atoms with Crippen molar-refractivity contribution in [2.24, 2.45) is 5.92 Å². The van der Waals surface area contributed by atoms with Gasteiger partial charge in [-0.15, -0.1) is 0 Å². The Morgan fingerprint density at radius 2 is 2.33 bits per heavy atom. The summed E-state index contributed by atoms with van der Waals surface area (Å²) in [6.07, 6.45) is 4.25. The second-order valence-corrected chi connectivity index (χ2v) is 5.82. The summed E-state index contributed by atoms with van der Waals surface area (Å²) in [7, 11) is 0. The summed E-state index contributed by atoms with van der Waals surface area (Å²) in [4.78, 5) is 16.3. The lowest BCUT2D eigenvalue weighted by molar-refractivity contribution is -0.122. The van der Waals surface area contributed by atoms with Crippen LogP contribution in [0.25, 0.3) is 10.2 Å². The molecule has 3 nitrogen and oxygen atoms in total. The number of hydrogen-bond donors (Lipinski definition) is 1. The zero-order valence-electron chi connectivity index (χ0n) is 10.4. The third kappa shape index (κ3) is 2.12. The Morgan fingerprint density at radius 1 is 1.50 bits per heavy atom. The summed E-state index contributed by atoms with van der Waals surface area (Å²) >= 11 is 1.56. The quantitative estimate of drug-likeness (QED) is 0.916. The molecule has 1 fully saturated rings. The zero-order valence-corrected chi connectivity index (χ0v) is 11.2. The van der Waals surface area contributed by atoms with Crippen molar-refractivity contribution in [2.75, 3.05) is 5.32 Å². The van der Waals surface area contributed by atoms with Crippen LogP contribution in [0.3, 0.4) is 0 Å². The van der Waals surface area contributed by atoms with E-state index in [1.807, 2.05) is 6.07 Å². The van der Waals surface area contributed by atoms with Crippen molar-refractivity contribution in [1.82, 2.24) is 4.98 Å². The summed E-state index contributed by atoms with van der Waals surface area (Å²) in [5.41, 5.74) is 2.28. The second-order valence-electron chi connectivity index (χ2n) is 4.79. The first-order valence-corrected chi connectivity index (χ1v) is 7.28. The van der Waals surface area contributed by atoms with E-state index in [1.165, 1.54) is 12.0 Å². The number of aryl methyl sites for hydroxylation is 1. The molecule has 1 aliphatic carbocycles. The molecule has 4 heteroatoms. The maximum atomic E-state index is 11.9. The van der Waals surface area contributed by atoms with E-state index >= 15 is 0 Å². The average Bonchev–Trinajstić information content (AvgIpc) is 2.67. The van der Waals surface area contributed by atoms with Crippen molar-refractivity contribution in [3.05, 3.63) is 23.8 Å². The number of thiazole rings is 1.